The maximum Gasteiger partial charge on any atom is 0.257 e. The van der Waals surface area contributed by atoms with Crippen molar-refractivity contribution in [2.75, 3.05) is 24.7 Å². The van der Waals surface area contributed by atoms with Gasteiger partial charge in [-0.05, 0) is 45.1 Å². The summed E-state index contributed by atoms with van der Waals surface area (Å²) in [5.74, 6) is 0.733. The molecule has 1 atom stereocenters. The molecule has 0 aliphatic carbocycles. The number of rotatable bonds is 5. The van der Waals surface area contributed by atoms with Gasteiger partial charge in [-0.3, -0.25) is 4.79 Å². The molecular formula is C17H18BrNO4S. The normalized spacial score (nSPS) is 19.3. The van der Waals surface area contributed by atoms with Crippen LogP contribution in [-0.4, -0.2) is 39.0 Å². The molecule has 1 fully saturated rings. The van der Waals surface area contributed by atoms with Crippen molar-refractivity contribution < 1.29 is 17.9 Å². The maximum atomic E-state index is 11.9. The zero-order valence-electron chi connectivity index (χ0n) is 13.0. The fourth-order valence-electron chi connectivity index (χ4n) is 2.81. The lowest BCUT2D eigenvalue weighted by atomic mass is 10.1. The third-order valence-corrected chi connectivity index (χ3v) is 6.76. The van der Waals surface area contributed by atoms with E-state index in [1.165, 1.54) is 0 Å². The van der Waals surface area contributed by atoms with Gasteiger partial charge in [0.1, 0.15) is 5.75 Å². The molecule has 1 saturated heterocycles. The molecule has 7 heteroatoms. The Morgan fingerprint density at radius 3 is 2.79 bits per heavy atom. The van der Waals surface area contributed by atoms with Crippen molar-refractivity contribution in [3.63, 3.8) is 0 Å². The van der Waals surface area contributed by atoms with Gasteiger partial charge in [0.05, 0.1) is 16.0 Å². The Hall–Kier alpha value is -1.60. The summed E-state index contributed by atoms with van der Waals surface area (Å²) >= 11 is 3.51. The number of sulfone groups is 1. The highest BCUT2D eigenvalue weighted by atomic mass is 79.9. The van der Waals surface area contributed by atoms with Crippen LogP contribution in [0.5, 0.6) is 5.75 Å². The van der Waals surface area contributed by atoms with E-state index in [1.54, 1.807) is 0 Å². The lowest BCUT2D eigenvalue weighted by molar-refractivity contribution is -0.123. The predicted octanol–water partition coefficient (Wildman–Crippen LogP) is 2.53. The molecule has 1 aliphatic rings. The van der Waals surface area contributed by atoms with Gasteiger partial charge in [0.25, 0.3) is 5.91 Å². The van der Waals surface area contributed by atoms with E-state index in [-0.39, 0.29) is 29.9 Å². The summed E-state index contributed by atoms with van der Waals surface area (Å²) in [4.78, 5) is 11.9. The van der Waals surface area contributed by atoms with Crippen LogP contribution in [0.1, 0.15) is 6.42 Å². The van der Waals surface area contributed by atoms with E-state index < -0.39 is 9.84 Å². The zero-order valence-corrected chi connectivity index (χ0v) is 15.4. The first-order valence-corrected chi connectivity index (χ1v) is 10.3. The average Bonchev–Trinajstić information content (AvgIpc) is 2.92. The number of hydrogen-bond donors (Lipinski definition) is 1. The molecule has 0 spiro atoms. The Morgan fingerprint density at radius 1 is 1.25 bits per heavy atom. The van der Waals surface area contributed by atoms with Gasteiger partial charge >= 0.3 is 0 Å². The quantitative estimate of drug-likeness (QED) is 0.820. The zero-order chi connectivity index (χ0) is 17.2. The van der Waals surface area contributed by atoms with Crippen LogP contribution in [0.4, 0.5) is 0 Å². The second-order valence-corrected chi connectivity index (χ2v) is 8.98. The largest absolute Gasteiger partial charge is 0.483 e. The number of benzene rings is 2. The molecule has 24 heavy (non-hydrogen) atoms. The van der Waals surface area contributed by atoms with Crippen molar-refractivity contribution in [1.29, 1.82) is 0 Å². The van der Waals surface area contributed by atoms with Crippen LogP contribution in [0.3, 0.4) is 0 Å². The van der Waals surface area contributed by atoms with Crippen LogP contribution < -0.4 is 10.1 Å². The number of halogens is 1. The molecule has 0 radical (unpaired) electrons. The van der Waals surface area contributed by atoms with Crippen molar-refractivity contribution in [2.24, 2.45) is 5.92 Å². The number of carbonyl (C=O) groups is 1. The molecule has 0 bridgehead atoms. The number of fused-ring (bicyclic) bond motifs is 1. The molecule has 0 saturated carbocycles. The lowest BCUT2D eigenvalue weighted by Crippen LogP contribution is -2.33. The third-order valence-electron chi connectivity index (χ3n) is 4.10. The maximum absolute atomic E-state index is 11.9. The molecule has 1 N–H and O–H groups in total. The molecule has 1 amide bonds. The average molecular weight is 412 g/mol. The van der Waals surface area contributed by atoms with Crippen molar-refractivity contribution in [2.45, 2.75) is 6.42 Å². The molecule has 128 valence electrons. The highest BCUT2D eigenvalue weighted by molar-refractivity contribution is 9.10. The Kier molecular flexibility index (Phi) is 5.10. The third kappa shape index (κ3) is 4.08. The van der Waals surface area contributed by atoms with Crippen LogP contribution >= 0.6 is 15.9 Å². The summed E-state index contributed by atoms with van der Waals surface area (Å²) in [6, 6.07) is 11.7. The molecule has 2 aromatic rings. The van der Waals surface area contributed by atoms with Crippen molar-refractivity contribution in [3.05, 3.63) is 40.9 Å². The van der Waals surface area contributed by atoms with Crippen molar-refractivity contribution in [3.8, 4) is 5.75 Å². The fraction of sp³-hybridized carbons (Fsp3) is 0.353. The summed E-state index contributed by atoms with van der Waals surface area (Å²) < 4.78 is 29.2. The molecule has 5 nitrogen and oxygen atoms in total. The molecule has 0 aromatic heterocycles. The number of ether oxygens (including phenoxy) is 1. The summed E-state index contributed by atoms with van der Waals surface area (Å²) in [5.41, 5.74) is 0. The van der Waals surface area contributed by atoms with Gasteiger partial charge in [-0.15, -0.1) is 0 Å². The Morgan fingerprint density at radius 2 is 2.04 bits per heavy atom. The van der Waals surface area contributed by atoms with Crippen molar-refractivity contribution >= 4 is 42.4 Å². The molecular weight excluding hydrogens is 394 g/mol. The minimum Gasteiger partial charge on any atom is -0.483 e. The van der Waals surface area contributed by atoms with Crippen LogP contribution in [0, 0.1) is 5.92 Å². The number of hydrogen-bond acceptors (Lipinski definition) is 4. The number of carbonyl (C=O) groups excluding carboxylic acids is 1. The fourth-order valence-corrected chi connectivity index (χ4v) is 5.28. The van der Waals surface area contributed by atoms with Gasteiger partial charge in [-0.1, -0.05) is 30.3 Å². The number of amides is 1. The SMILES string of the molecule is O=C(COc1ccc2ccccc2c1Br)NC[C@@H]1CCS(=O)(=O)C1. The van der Waals surface area contributed by atoms with E-state index in [2.05, 4.69) is 21.2 Å². The van der Waals surface area contributed by atoms with Crippen LogP contribution in [0.25, 0.3) is 10.8 Å². The second kappa shape index (κ2) is 7.11. The Bertz CT molecular complexity index is 866. The number of nitrogens with one attached hydrogen (secondary N) is 1. The van der Waals surface area contributed by atoms with E-state index in [0.29, 0.717) is 18.7 Å². The monoisotopic (exact) mass is 411 g/mol. The summed E-state index contributed by atoms with van der Waals surface area (Å²) in [6.45, 7) is 0.275. The standard InChI is InChI=1S/C17H18BrNO4S/c18-17-14-4-2-1-3-13(14)5-6-15(17)23-10-16(20)19-9-12-7-8-24(21,22)11-12/h1-6,12H,7-11H2,(H,19,20)/t12-/m0/s1. The predicted molar refractivity (Wildman–Crippen MR) is 96.9 cm³/mol. The Labute approximate surface area is 149 Å². The van der Waals surface area contributed by atoms with E-state index >= 15 is 0 Å². The van der Waals surface area contributed by atoms with Crippen LogP contribution in [-0.2, 0) is 14.6 Å². The lowest BCUT2D eigenvalue weighted by Gasteiger charge is -2.12. The topological polar surface area (TPSA) is 72.5 Å². The first-order valence-electron chi connectivity index (χ1n) is 7.72. The Balaban J connectivity index is 1.54. The van der Waals surface area contributed by atoms with Crippen molar-refractivity contribution in [1.82, 2.24) is 5.32 Å². The summed E-state index contributed by atoms with van der Waals surface area (Å²) in [6.07, 6.45) is 0.611. The van der Waals surface area contributed by atoms with Gasteiger partial charge in [0.15, 0.2) is 16.4 Å². The van der Waals surface area contributed by atoms with E-state index in [4.69, 9.17) is 4.74 Å². The van der Waals surface area contributed by atoms with Gasteiger partial charge in [-0.25, -0.2) is 8.42 Å². The van der Waals surface area contributed by atoms with Gasteiger partial charge in [-0.2, -0.15) is 0 Å². The van der Waals surface area contributed by atoms with Gasteiger partial charge < -0.3 is 10.1 Å². The molecule has 2 aromatic carbocycles. The van der Waals surface area contributed by atoms with Gasteiger partial charge in [0.2, 0.25) is 0 Å². The highest BCUT2D eigenvalue weighted by Gasteiger charge is 2.27. The molecule has 3 rings (SSSR count). The molecule has 1 heterocycles. The molecule has 0 unspecified atom stereocenters. The summed E-state index contributed by atoms with van der Waals surface area (Å²) in [7, 11) is -2.91. The van der Waals surface area contributed by atoms with E-state index in [9.17, 15) is 13.2 Å². The minimum absolute atomic E-state index is 0.00588. The van der Waals surface area contributed by atoms with E-state index in [1.807, 2.05) is 36.4 Å². The highest BCUT2D eigenvalue weighted by Crippen LogP contribution is 2.32. The van der Waals surface area contributed by atoms with Crippen LogP contribution in [0.15, 0.2) is 40.9 Å². The van der Waals surface area contributed by atoms with Crippen LogP contribution in [0.2, 0.25) is 0 Å². The first kappa shape index (κ1) is 17.2. The van der Waals surface area contributed by atoms with E-state index in [0.717, 1.165) is 15.2 Å². The molecule has 1 aliphatic heterocycles. The summed E-state index contributed by atoms with van der Waals surface area (Å²) in [5, 5.41) is 4.85. The smallest absolute Gasteiger partial charge is 0.257 e. The second-order valence-electron chi connectivity index (χ2n) is 5.96. The first-order chi connectivity index (χ1) is 11.4. The minimum atomic E-state index is -2.91. The van der Waals surface area contributed by atoms with Gasteiger partial charge in [0, 0.05) is 6.54 Å².